The third kappa shape index (κ3) is 13.0. The monoisotopic (exact) mass is 904 g/mol. The third-order valence-electron chi connectivity index (χ3n) is 9.36. The van der Waals surface area contributed by atoms with E-state index in [9.17, 15) is 0 Å². The van der Waals surface area contributed by atoms with Gasteiger partial charge in [0, 0.05) is 114 Å². The molecule has 4 N–H and O–H groups in total. The van der Waals surface area contributed by atoms with Crippen LogP contribution in [-0.2, 0) is 0 Å². The van der Waals surface area contributed by atoms with Crippen molar-refractivity contribution in [1.82, 2.24) is 29.7 Å². The molecule has 6 aromatic rings. The lowest BCUT2D eigenvalue weighted by molar-refractivity contribution is 0.287. The highest BCUT2D eigenvalue weighted by Gasteiger charge is 2.15. The van der Waals surface area contributed by atoms with Crippen molar-refractivity contribution >= 4 is 94.0 Å². The molecule has 2 saturated heterocycles. The molecule has 0 aliphatic carbocycles. The molecule has 2 aliphatic rings. The van der Waals surface area contributed by atoms with Gasteiger partial charge in [-0.3, -0.25) is 0 Å². The molecular formula is C42H51Br2ClN10O. The van der Waals surface area contributed by atoms with Gasteiger partial charge in [-0.25, -0.2) is 19.9 Å². The average molecular weight is 907 g/mol. The van der Waals surface area contributed by atoms with Crippen LogP contribution in [-0.4, -0.2) is 108 Å². The smallest absolute Gasteiger partial charge is 0.227 e. The predicted octanol–water partition coefficient (Wildman–Crippen LogP) is 8.73. The Labute approximate surface area is 352 Å². The van der Waals surface area contributed by atoms with E-state index in [2.05, 4.69) is 134 Å². The first-order valence-electron chi connectivity index (χ1n) is 18.8. The van der Waals surface area contributed by atoms with Gasteiger partial charge in [0.1, 0.15) is 0 Å². The number of nitrogens with one attached hydrogen (secondary N) is 1. The summed E-state index contributed by atoms with van der Waals surface area (Å²) in [7, 11) is 4.34. The van der Waals surface area contributed by atoms with Crippen molar-refractivity contribution in [2.45, 2.75) is 19.8 Å². The molecule has 0 atom stereocenters. The summed E-state index contributed by atoms with van der Waals surface area (Å²) in [5.74, 6) is 0.603. The summed E-state index contributed by atoms with van der Waals surface area (Å²) in [6.45, 7) is 11.3. The Kier molecular flexibility index (Phi) is 16.9. The first kappa shape index (κ1) is 43.0. The fraction of sp³-hybridized carbons (Fsp3) is 0.333. The number of benzene rings is 4. The Bertz CT molecular complexity index is 2090. The molecular weight excluding hydrogens is 856 g/mol. The number of hydrogen-bond acceptors (Lipinski definition) is 11. The number of unbranched alkanes of at least 4 members (excludes halogenated alkanes) is 1. The molecule has 8 rings (SSSR count). The third-order valence-corrected chi connectivity index (χ3v) is 10.8. The van der Waals surface area contributed by atoms with Crippen LogP contribution < -0.4 is 20.9 Å². The van der Waals surface area contributed by atoms with E-state index in [1.54, 1.807) is 6.20 Å². The Hall–Kier alpha value is -4.11. The van der Waals surface area contributed by atoms with Crippen molar-refractivity contribution in [1.29, 1.82) is 0 Å². The minimum absolute atomic E-state index is 0.273. The number of aromatic nitrogens is 4. The highest BCUT2D eigenvalue weighted by molar-refractivity contribution is 9.11. The summed E-state index contributed by atoms with van der Waals surface area (Å²) in [5, 5.41) is 13.6. The number of hydrogen-bond donors (Lipinski definition) is 3. The minimum Gasteiger partial charge on any atom is -0.399 e. The van der Waals surface area contributed by atoms with Crippen molar-refractivity contribution in [3.63, 3.8) is 0 Å². The first-order chi connectivity index (χ1) is 27.1. The van der Waals surface area contributed by atoms with Gasteiger partial charge >= 0.3 is 0 Å². The summed E-state index contributed by atoms with van der Waals surface area (Å²) >= 11 is 12.6. The van der Waals surface area contributed by atoms with Gasteiger partial charge in [0.25, 0.3) is 0 Å². The quantitative estimate of drug-likeness (QED) is 0.110. The number of anilines is 5. The van der Waals surface area contributed by atoms with E-state index in [1.165, 1.54) is 11.4 Å². The minimum atomic E-state index is 0.273. The summed E-state index contributed by atoms with van der Waals surface area (Å²) in [6.07, 6.45) is 5.58. The van der Waals surface area contributed by atoms with Crippen LogP contribution in [0.25, 0.3) is 21.8 Å². The molecule has 0 radical (unpaired) electrons. The van der Waals surface area contributed by atoms with Gasteiger partial charge < -0.3 is 35.8 Å². The lowest BCUT2D eigenvalue weighted by Gasteiger charge is -2.34. The lowest BCUT2D eigenvalue weighted by Crippen LogP contribution is -2.44. The number of likely N-dealkylation sites (N-methyl/N-ethyl adjacent to an activating group) is 2. The van der Waals surface area contributed by atoms with Crippen LogP contribution in [0.15, 0.2) is 106 Å². The molecule has 296 valence electrons. The van der Waals surface area contributed by atoms with Gasteiger partial charge in [-0.15, -0.1) is 0 Å². The van der Waals surface area contributed by atoms with Gasteiger partial charge in [-0.2, -0.15) is 0 Å². The number of piperazine rings is 2. The standard InChI is InChI=1S/C19H20BrN5.C11H17N3.C8H4BrClN2.C4H10O/c1-24-9-11-25(12-10-24)16-7-5-15(6-8-16)22-19-21-13-14-3-2-4-17(20)18(14)23-19;1-13-6-8-14(9-7-13)11-4-2-10(12)3-5-11;9-6-3-1-2-5-4-11-8(10)12-7(5)6;1-2-3-4-5/h2-8,13H,9-12H2,1H3,(H,21,22,23);2-5H,6-9,12H2,1H3;1-4H;5H,2-4H2,1H3. The molecule has 0 unspecified atom stereocenters. The number of para-hydroxylation sites is 2. The average Bonchev–Trinajstić information content (AvgIpc) is 3.21. The highest BCUT2D eigenvalue weighted by Crippen LogP contribution is 2.25. The molecule has 4 aromatic carbocycles. The van der Waals surface area contributed by atoms with Crippen LogP contribution in [0.3, 0.4) is 0 Å². The van der Waals surface area contributed by atoms with E-state index >= 15 is 0 Å². The molecule has 56 heavy (non-hydrogen) atoms. The number of rotatable bonds is 6. The normalized spacial score (nSPS) is 14.6. The Balaban J connectivity index is 0.000000163. The Morgan fingerprint density at radius 1 is 0.679 bits per heavy atom. The van der Waals surface area contributed by atoms with Crippen molar-refractivity contribution in [2.24, 2.45) is 0 Å². The van der Waals surface area contributed by atoms with Crippen LogP contribution >= 0.6 is 43.5 Å². The molecule has 2 fully saturated rings. The second-order valence-corrected chi connectivity index (χ2v) is 15.7. The van der Waals surface area contributed by atoms with Crippen LogP contribution in [0.4, 0.5) is 28.7 Å². The second kappa shape index (κ2) is 22.0. The maximum absolute atomic E-state index is 8.07. The predicted molar refractivity (Wildman–Crippen MR) is 241 cm³/mol. The number of aliphatic hydroxyl groups excluding tert-OH is 1. The van der Waals surface area contributed by atoms with E-state index in [4.69, 9.17) is 22.4 Å². The maximum Gasteiger partial charge on any atom is 0.227 e. The zero-order valence-electron chi connectivity index (χ0n) is 32.3. The number of halogens is 3. The summed E-state index contributed by atoms with van der Waals surface area (Å²) in [5.41, 5.74) is 11.8. The van der Waals surface area contributed by atoms with Gasteiger partial charge in [0.05, 0.1) is 11.0 Å². The second-order valence-electron chi connectivity index (χ2n) is 13.6. The fourth-order valence-electron chi connectivity index (χ4n) is 5.94. The zero-order chi connectivity index (χ0) is 39.9. The molecule has 11 nitrogen and oxygen atoms in total. The molecule has 0 bridgehead atoms. The van der Waals surface area contributed by atoms with E-state index in [1.807, 2.05) is 54.7 Å². The fourth-order valence-corrected chi connectivity index (χ4v) is 7.01. The van der Waals surface area contributed by atoms with Gasteiger partial charge in [0.2, 0.25) is 11.2 Å². The lowest BCUT2D eigenvalue weighted by atomic mass is 10.2. The number of nitrogens with two attached hydrogens (primary N) is 1. The van der Waals surface area contributed by atoms with Crippen LogP contribution in [0.1, 0.15) is 19.8 Å². The van der Waals surface area contributed by atoms with Gasteiger partial charge in [-0.1, -0.05) is 37.6 Å². The Morgan fingerprint density at radius 3 is 1.64 bits per heavy atom. The van der Waals surface area contributed by atoms with E-state index < -0.39 is 0 Å². The maximum atomic E-state index is 8.07. The number of fused-ring (bicyclic) bond motifs is 2. The SMILES string of the molecule is CCCCO.CN1CCN(c2ccc(N)cc2)CC1.CN1CCN(c2ccc(Nc3ncc4cccc(Br)c4n3)cc2)CC1.Clc1ncc2cccc(Br)c2n1. The topological polar surface area (TPSA) is 123 Å². The molecule has 0 saturated carbocycles. The zero-order valence-corrected chi connectivity index (χ0v) is 36.2. The van der Waals surface area contributed by atoms with E-state index in [-0.39, 0.29) is 5.28 Å². The van der Waals surface area contributed by atoms with Crippen molar-refractivity contribution in [3.8, 4) is 0 Å². The summed E-state index contributed by atoms with van der Waals surface area (Å²) in [6, 6.07) is 28.4. The number of nitrogens with zero attached hydrogens (tertiary/aromatic N) is 8. The molecule has 0 amide bonds. The van der Waals surface area contributed by atoms with Gasteiger partial charge in [0.15, 0.2) is 0 Å². The van der Waals surface area contributed by atoms with Gasteiger partial charge in [-0.05, 0) is 125 Å². The molecule has 14 heteroatoms. The van der Waals surface area contributed by atoms with E-state index in [0.29, 0.717) is 12.6 Å². The van der Waals surface area contributed by atoms with Crippen molar-refractivity contribution in [2.75, 3.05) is 93.9 Å². The molecule has 2 aliphatic heterocycles. The highest BCUT2D eigenvalue weighted by atomic mass is 79.9. The Morgan fingerprint density at radius 2 is 1.16 bits per heavy atom. The number of nitrogen functional groups attached to an aromatic ring is 1. The largest absolute Gasteiger partial charge is 0.399 e. The van der Waals surface area contributed by atoms with Crippen LogP contribution in [0.5, 0.6) is 0 Å². The molecule has 0 spiro atoms. The van der Waals surface area contributed by atoms with Crippen molar-refractivity contribution < 1.29 is 5.11 Å². The molecule has 2 aromatic heterocycles. The van der Waals surface area contributed by atoms with Crippen molar-refractivity contribution in [3.05, 3.63) is 112 Å². The summed E-state index contributed by atoms with van der Waals surface area (Å²) < 4.78 is 1.91. The molecule has 4 heterocycles. The summed E-state index contributed by atoms with van der Waals surface area (Å²) in [4.78, 5) is 26.5. The number of aliphatic hydroxyl groups is 1. The van der Waals surface area contributed by atoms with E-state index in [0.717, 1.165) is 107 Å². The van der Waals surface area contributed by atoms with Crippen LogP contribution in [0.2, 0.25) is 5.28 Å². The first-order valence-corrected chi connectivity index (χ1v) is 20.8. The van der Waals surface area contributed by atoms with Crippen LogP contribution in [0, 0.1) is 0 Å².